The Morgan fingerprint density at radius 1 is 0.931 bits per heavy atom. The highest BCUT2D eigenvalue weighted by molar-refractivity contribution is 7.14. The normalized spacial score (nSPS) is 10.6. The molecule has 1 heterocycles. The van der Waals surface area contributed by atoms with E-state index in [4.69, 9.17) is 27.9 Å². The largest absolute Gasteiger partial charge is 0.457 e. The van der Waals surface area contributed by atoms with Crippen molar-refractivity contribution < 1.29 is 9.53 Å². The van der Waals surface area contributed by atoms with E-state index in [1.54, 1.807) is 42.5 Å². The molecule has 0 aliphatic heterocycles. The van der Waals surface area contributed by atoms with E-state index in [2.05, 4.69) is 10.3 Å². The van der Waals surface area contributed by atoms with E-state index in [0.29, 0.717) is 32.2 Å². The molecule has 4 rings (SSSR count). The van der Waals surface area contributed by atoms with Gasteiger partial charge in [0.1, 0.15) is 11.5 Å². The van der Waals surface area contributed by atoms with Gasteiger partial charge in [0.25, 0.3) is 5.91 Å². The third-order valence-corrected chi connectivity index (χ3v) is 5.33. The maximum atomic E-state index is 12.5. The van der Waals surface area contributed by atoms with Gasteiger partial charge in [0, 0.05) is 21.5 Å². The minimum atomic E-state index is -0.251. The zero-order chi connectivity index (χ0) is 20.2. The number of aromatic nitrogens is 1. The van der Waals surface area contributed by atoms with Crippen LogP contribution in [0.1, 0.15) is 10.4 Å². The number of carbonyl (C=O) groups excluding carboxylic acids is 1. The molecule has 29 heavy (non-hydrogen) atoms. The molecule has 0 saturated carbocycles. The molecular weight excluding hydrogens is 427 g/mol. The van der Waals surface area contributed by atoms with Crippen LogP contribution in [-0.4, -0.2) is 10.9 Å². The number of halogens is 2. The summed E-state index contributed by atoms with van der Waals surface area (Å²) in [5, 5.41) is 6.19. The van der Waals surface area contributed by atoms with Crippen molar-refractivity contribution in [1.82, 2.24) is 4.98 Å². The van der Waals surface area contributed by atoms with Gasteiger partial charge in [0.15, 0.2) is 5.13 Å². The molecule has 0 atom stereocenters. The average Bonchev–Trinajstić information content (AvgIpc) is 3.17. The molecule has 1 N–H and O–H groups in total. The van der Waals surface area contributed by atoms with E-state index in [-0.39, 0.29) is 5.91 Å². The highest BCUT2D eigenvalue weighted by Gasteiger charge is 2.12. The fourth-order valence-electron chi connectivity index (χ4n) is 2.62. The molecule has 0 fully saturated rings. The predicted molar refractivity (Wildman–Crippen MR) is 118 cm³/mol. The number of amides is 1. The molecule has 1 amide bonds. The van der Waals surface area contributed by atoms with Gasteiger partial charge in [0.05, 0.1) is 10.7 Å². The number of anilines is 1. The second-order valence-corrected chi connectivity index (χ2v) is 7.76. The van der Waals surface area contributed by atoms with Crippen LogP contribution < -0.4 is 10.1 Å². The lowest BCUT2D eigenvalue weighted by Crippen LogP contribution is -2.11. The van der Waals surface area contributed by atoms with Crippen molar-refractivity contribution in [3.05, 3.63) is 93.8 Å². The Bertz CT molecular complexity index is 1150. The molecule has 3 aromatic carbocycles. The Balaban J connectivity index is 1.44. The molecule has 7 heteroatoms. The van der Waals surface area contributed by atoms with Gasteiger partial charge in [-0.2, -0.15) is 0 Å². The van der Waals surface area contributed by atoms with Crippen LogP contribution in [-0.2, 0) is 0 Å². The van der Waals surface area contributed by atoms with Crippen LogP contribution in [0.2, 0.25) is 10.0 Å². The second kappa shape index (κ2) is 8.66. The summed E-state index contributed by atoms with van der Waals surface area (Å²) in [7, 11) is 0. The molecule has 4 nitrogen and oxygen atoms in total. The maximum Gasteiger partial charge on any atom is 0.257 e. The maximum absolute atomic E-state index is 12.5. The van der Waals surface area contributed by atoms with Crippen molar-refractivity contribution in [3.8, 4) is 22.8 Å². The number of carbonyl (C=O) groups is 1. The predicted octanol–water partition coefficient (Wildman–Crippen LogP) is 7.16. The van der Waals surface area contributed by atoms with E-state index >= 15 is 0 Å². The van der Waals surface area contributed by atoms with Crippen LogP contribution in [0.4, 0.5) is 5.13 Å². The van der Waals surface area contributed by atoms with Crippen molar-refractivity contribution in [1.29, 1.82) is 0 Å². The first-order valence-corrected chi connectivity index (χ1v) is 10.3. The Hall–Kier alpha value is -2.86. The Morgan fingerprint density at radius 3 is 2.38 bits per heavy atom. The third kappa shape index (κ3) is 4.77. The van der Waals surface area contributed by atoms with Gasteiger partial charge >= 0.3 is 0 Å². The van der Waals surface area contributed by atoms with Gasteiger partial charge < -0.3 is 4.74 Å². The molecule has 0 aliphatic rings. The van der Waals surface area contributed by atoms with Crippen molar-refractivity contribution in [2.75, 3.05) is 5.32 Å². The zero-order valence-electron chi connectivity index (χ0n) is 14.9. The molecule has 0 bridgehead atoms. The molecule has 0 radical (unpaired) electrons. The lowest BCUT2D eigenvalue weighted by molar-refractivity contribution is 0.102. The van der Waals surface area contributed by atoms with E-state index < -0.39 is 0 Å². The van der Waals surface area contributed by atoms with Gasteiger partial charge in [0.2, 0.25) is 0 Å². The summed E-state index contributed by atoms with van der Waals surface area (Å²) in [6, 6.07) is 21.6. The number of rotatable bonds is 5. The van der Waals surface area contributed by atoms with Crippen molar-refractivity contribution in [2.24, 2.45) is 0 Å². The second-order valence-electron chi connectivity index (χ2n) is 6.06. The van der Waals surface area contributed by atoms with Crippen molar-refractivity contribution >= 4 is 45.6 Å². The van der Waals surface area contributed by atoms with Gasteiger partial charge in [-0.05, 0) is 54.6 Å². The molecule has 0 spiro atoms. The van der Waals surface area contributed by atoms with E-state index in [9.17, 15) is 4.79 Å². The van der Waals surface area contributed by atoms with Crippen molar-refractivity contribution in [3.63, 3.8) is 0 Å². The number of nitrogens with one attached hydrogen (secondary N) is 1. The first-order valence-electron chi connectivity index (χ1n) is 8.64. The number of benzene rings is 3. The summed E-state index contributed by atoms with van der Waals surface area (Å²) in [5.74, 6) is 1.14. The van der Waals surface area contributed by atoms with Gasteiger partial charge in [-0.25, -0.2) is 4.98 Å². The highest BCUT2D eigenvalue weighted by atomic mass is 35.5. The Kier molecular flexibility index (Phi) is 5.81. The molecule has 0 saturated heterocycles. The third-order valence-electron chi connectivity index (χ3n) is 4.03. The van der Waals surface area contributed by atoms with Crippen LogP contribution in [0, 0.1) is 0 Å². The fourth-order valence-corrected chi connectivity index (χ4v) is 3.83. The van der Waals surface area contributed by atoms with Gasteiger partial charge in [-0.1, -0.05) is 41.4 Å². The molecule has 0 aliphatic carbocycles. The Morgan fingerprint density at radius 2 is 1.66 bits per heavy atom. The summed E-state index contributed by atoms with van der Waals surface area (Å²) in [6.45, 7) is 0. The summed E-state index contributed by atoms with van der Waals surface area (Å²) in [4.78, 5) is 17.0. The summed E-state index contributed by atoms with van der Waals surface area (Å²) >= 11 is 13.5. The first kappa shape index (κ1) is 19.5. The van der Waals surface area contributed by atoms with Crippen LogP contribution in [0.5, 0.6) is 11.5 Å². The minimum absolute atomic E-state index is 0.251. The molecular formula is C22H14Cl2N2O2S. The molecule has 144 valence electrons. The number of hydrogen-bond acceptors (Lipinski definition) is 4. The monoisotopic (exact) mass is 440 g/mol. The van der Waals surface area contributed by atoms with Crippen molar-refractivity contribution in [2.45, 2.75) is 0 Å². The smallest absolute Gasteiger partial charge is 0.257 e. The minimum Gasteiger partial charge on any atom is -0.457 e. The van der Waals surface area contributed by atoms with Crippen LogP contribution in [0.15, 0.2) is 78.2 Å². The summed E-state index contributed by atoms with van der Waals surface area (Å²) in [5.41, 5.74) is 1.94. The quantitative estimate of drug-likeness (QED) is 0.358. The zero-order valence-corrected chi connectivity index (χ0v) is 17.3. The lowest BCUT2D eigenvalue weighted by atomic mass is 10.2. The molecule has 4 aromatic rings. The summed E-state index contributed by atoms with van der Waals surface area (Å²) in [6.07, 6.45) is 0. The van der Waals surface area contributed by atoms with Crippen LogP contribution >= 0.6 is 34.5 Å². The highest BCUT2D eigenvalue weighted by Crippen LogP contribution is 2.32. The van der Waals surface area contributed by atoms with Gasteiger partial charge in [-0.15, -0.1) is 11.3 Å². The SMILES string of the molecule is O=C(Nc1nc(-c2ccc(Cl)cc2Cl)cs1)c1ccc(Oc2ccccc2)cc1. The van der Waals surface area contributed by atoms with E-state index in [1.807, 2.05) is 35.7 Å². The van der Waals surface area contributed by atoms with E-state index in [0.717, 1.165) is 11.3 Å². The first-order chi connectivity index (χ1) is 14.1. The number of ether oxygens (including phenoxy) is 1. The topological polar surface area (TPSA) is 51.2 Å². The van der Waals surface area contributed by atoms with E-state index in [1.165, 1.54) is 11.3 Å². The number of thiazole rings is 1. The number of hydrogen-bond donors (Lipinski definition) is 1. The fraction of sp³-hybridized carbons (Fsp3) is 0. The number of nitrogens with zero attached hydrogens (tertiary/aromatic N) is 1. The molecule has 0 unspecified atom stereocenters. The Labute approximate surface area is 181 Å². The summed E-state index contributed by atoms with van der Waals surface area (Å²) < 4.78 is 5.74. The standard InChI is InChI=1S/C22H14Cl2N2O2S/c23-15-8-11-18(19(24)12-15)20-13-29-22(25-20)26-21(27)14-6-9-17(10-7-14)28-16-4-2-1-3-5-16/h1-13H,(H,25,26,27). The number of para-hydroxylation sites is 1. The average molecular weight is 441 g/mol. The van der Waals surface area contributed by atoms with Crippen LogP contribution in [0.25, 0.3) is 11.3 Å². The molecule has 1 aromatic heterocycles. The lowest BCUT2D eigenvalue weighted by Gasteiger charge is -2.06. The van der Waals surface area contributed by atoms with Crippen LogP contribution in [0.3, 0.4) is 0 Å². The van der Waals surface area contributed by atoms with Gasteiger partial charge in [-0.3, -0.25) is 10.1 Å².